The van der Waals surface area contributed by atoms with E-state index >= 15 is 0 Å². The van der Waals surface area contributed by atoms with Gasteiger partial charge in [-0.15, -0.1) is 0 Å². The van der Waals surface area contributed by atoms with Crippen molar-refractivity contribution in [2.24, 2.45) is 0 Å². The summed E-state index contributed by atoms with van der Waals surface area (Å²) in [6, 6.07) is 6.58. The van der Waals surface area contributed by atoms with Crippen LogP contribution in [0, 0.1) is 25.2 Å². The zero-order valence-electron chi connectivity index (χ0n) is 13.4. The van der Waals surface area contributed by atoms with Gasteiger partial charge in [-0.2, -0.15) is 10.4 Å². The van der Waals surface area contributed by atoms with Crippen molar-refractivity contribution in [2.45, 2.75) is 52.9 Å². The average molecular weight is 282 g/mol. The van der Waals surface area contributed by atoms with Crippen LogP contribution in [0.5, 0.6) is 0 Å². The van der Waals surface area contributed by atoms with Crippen LogP contribution in [0.1, 0.15) is 54.7 Å². The summed E-state index contributed by atoms with van der Waals surface area (Å²) >= 11 is 0. The number of benzene rings is 1. The smallest absolute Gasteiger partial charge is 0.164 e. The molecule has 21 heavy (non-hydrogen) atoms. The summed E-state index contributed by atoms with van der Waals surface area (Å²) in [7, 11) is 0. The molecule has 4 heteroatoms. The monoisotopic (exact) mass is 282 g/mol. The molecule has 1 heterocycles. The van der Waals surface area contributed by atoms with Crippen molar-refractivity contribution in [1.29, 1.82) is 5.26 Å². The maximum absolute atomic E-state index is 8.67. The minimum Gasteiger partial charge on any atom is -0.263 e. The molecule has 2 aromatic rings. The Labute approximate surface area is 126 Å². The van der Waals surface area contributed by atoms with Gasteiger partial charge in [-0.3, -0.25) is 5.10 Å². The van der Waals surface area contributed by atoms with E-state index in [0.717, 1.165) is 12.2 Å². The summed E-state index contributed by atoms with van der Waals surface area (Å²) in [6.07, 6.45) is 0.970. The van der Waals surface area contributed by atoms with Gasteiger partial charge in [0.25, 0.3) is 0 Å². The largest absolute Gasteiger partial charge is 0.263 e. The molecule has 1 aromatic heterocycles. The molecule has 1 N–H and O–H groups in total. The second-order valence-corrected chi connectivity index (χ2v) is 6.55. The summed E-state index contributed by atoms with van der Waals surface area (Å²) in [5, 5.41) is 15.7. The van der Waals surface area contributed by atoms with Crippen molar-refractivity contribution >= 4 is 0 Å². The Morgan fingerprint density at radius 2 is 1.81 bits per heavy atom. The molecule has 0 aliphatic carbocycles. The molecule has 0 amide bonds. The Morgan fingerprint density at radius 3 is 2.33 bits per heavy atom. The standard InChI is InChI=1S/C17H22N4/c1-11-8-13(17(3,4)5)9-12(2)14(11)10-16-19-15(6-7-18)20-21-16/h8-9H,6,10H2,1-5H3,(H,19,20,21). The maximum atomic E-state index is 8.67. The van der Waals surface area contributed by atoms with E-state index in [4.69, 9.17) is 5.26 Å². The molecule has 0 fully saturated rings. The van der Waals surface area contributed by atoms with E-state index in [0.29, 0.717) is 5.82 Å². The van der Waals surface area contributed by atoms with Crippen LogP contribution in [0.15, 0.2) is 12.1 Å². The third-order valence-electron chi connectivity index (χ3n) is 3.72. The van der Waals surface area contributed by atoms with Gasteiger partial charge in [-0.25, -0.2) is 4.98 Å². The molecule has 0 saturated carbocycles. The van der Waals surface area contributed by atoms with E-state index in [-0.39, 0.29) is 11.8 Å². The third kappa shape index (κ3) is 3.49. The minimum atomic E-state index is 0.153. The fourth-order valence-corrected chi connectivity index (χ4v) is 2.44. The lowest BCUT2D eigenvalue weighted by molar-refractivity contribution is 0.588. The van der Waals surface area contributed by atoms with Crippen molar-refractivity contribution in [1.82, 2.24) is 15.2 Å². The van der Waals surface area contributed by atoms with Crippen LogP contribution in [0.3, 0.4) is 0 Å². The summed E-state index contributed by atoms with van der Waals surface area (Å²) in [5.74, 6) is 1.38. The van der Waals surface area contributed by atoms with E-state index in [1.54, 1.807) is 0 Å². The first-order valence-electron chi connectivity index (χ1n) is 7.19. The molecule has 4 nitrogen and oxygen atoms in total. The zero-order valence-corrected chi connectivity index (χ0v) is 13.4. The summed E-state index contributed by atoms with van der Waals surface area (Å²) < 4.78 is 0. The molecule has 2 rings (SSSR count). The second-order valence-electron chi connectivity index (χ2n) is 6.55. The summed E-state index contributed by atoms with van der Waals surface area (Å²) in [4.78, 5) is 4.36. The molecular formula is C17H22N4. The van der Waals surface area contributed by atoms with Crippen LogP contribution >= 0.6 is 0 Å². The van der Waals surface area contributed by atoms with Crippen LogP contribution in [-0.2, 0) is 18.3 Å². The number of aryl methyl sites for hydroxylation is 2. The Balaban J connectivity index is 2.30. The van der Waals surface area contributed by atoms with Crippen LogP contribution in [0.25, 0.3) is 0 Å². The highest BCUT2D eigenvalue weighted by Gasteiger charge is 2.17. The first-order chi connectivity index (χ1) is 9.81. The molecule has 0 bridgehead atoms. The molecule has 0 unspecified atom stereocenters. The lowest BCUT2D eigenvalue weighted by Crippen LogP contribution is -2.12. The molecule has 0 radical (unpaired) electrons. The number of nitrogens with zero attached hydrogens (tertiary/aromatic N) is 3. The highest BCUT2D eigenvalue weighted by atomic mass is 15.2. The SMILES string of the molecule is Cc1cc(C(C)(C)C)cc(C)c1Cc1nc(CC#N)n[nH]1. The van der Waals surface area contributed by atoms with E-state index in [1.807, 2.05) is 0 Å². The summed E-state index contributed by atoms with van der Waals surface area (Å²) in [5.41, 5.74) is 5.34. The van der Waals surface area contributed by atoms with Gasteiger partial charge in [0.1, 0.15) is 5.82 Å². The van der Waals surface area contributed by atoms with Crippen LogP contribution in [0.2, 0.25) is 0 Å². The number of nitrogens with one attached hydrogen (secondary N) is 1. The molecule has 0 saturated heterocycles. The van der Waals surface area contributed by atoms with E-state index in [1.165, 1.54) is 22.3 Å². The molecule has 1 aromatic carbocycles. The van der Waals surface area contributed by atoms with E-state index < -0.39 is 0 Å². The van der Waals surface area contributed by atoms with Crippen LogP contribution in [-0.4, -0.2) is 15.2 Å². The number of hydrogen-bond donors (Lipinski definition) is 1. The Kier molecular flexibility index (Phi) is 4.13. The topological polar surface area (TPSA) is 65.4 Å². The molecule has 0 aliphatic rings. The Morgan fingerprint density at radius 1 is 1.19 bits per heavy atom. The van der Waals surface area contributed by atoms with Crippen molar-refractivity contribution in [3.05, 3.63) is 46.0 Å². The summed E-state index contributed by atoms with van der Waals surface area (Å²) in [6.45, 7) is 11.0. The van der Waals surface area contributed by atoms with Gasteiger partial charge in [0.05, 0.1) is 12.5 Å². The highest BCUT2D eigenvalue weighted by molar-refractivity contribution is 5.41. The van der Waals surface area contributed by atoms with Crippen molar-refractivity contribution in [3.63, 3.8) is 0 Å². The van der Waals surface area contributed by atoms with Crippen LogP contribution < -0.4 is 0 Å². The van der Waals surface area contributed by atoms with E-state index in [9.17, 15) is 0 Å². The second kappa shape index (κ2) is 5.69. The molecule has 110 valence electrons. The Bertz CT molecular complexity index is 661. The predicted molar refractivity (Wildman–Crippen MR) is 83.1 cm³/mol. The van der Waals surface area contributed by atoms with Crippen molar-refractivity contribution < 1.29 is 0 Å². The number of aromatic amines is 1. The zero-order chi connectivity index (χ0) is 15.6. The van der Waals surface area contributed by atoms with Gasteiger partial charge in [-0.1, -0.05) is 32.9 Å². The van der Waals surface area contributed by atoms with Crippen LogP contribution in [0.4, 0.5) is 0 Å². The van der Waals surface area contributed by atoms with Crippen molar-refractivity contribution in [3.8, 4) is 6.07 Å². The van der Waals surface area contributed by atoms with Gasteiger partial charge >= 0.3 is 0 Å². The lowest BCUT2D eigenvalue weighted by Gasteiger charge is -2.22. The number of hydrogen-bond acceptors (Lipinski definition) is 3. The lowest BCUT2D eigenvalue weighted by atomic mass is 9.83. The molecule has 0 atom stereocenters. The molecular weight excluding hydrogens is 260 g/mol. The quantitative estimate of drug-likeness (QED) is 0.938. The van der Waals surface area contributed by atoms with Gasteiger partial charge in [0.15, 0.2) is 5.82 Å². The van der Waals surface area contributed by atoms with E-state index in [2.05, 4.69) is 68.0 Å². The normalized spacial score (nSPS) is 11.4. The first kappa shape index (κ1) is 15.2. The third-order valence-corrected chi connectivity index (χ3v) is 3.72. The fourth-order valence-electron chi connectivity index (χ4n) is 2.44. The van der Waals surface area contributed by atoms with Gasteiger partial charge in [0, 0.05) is 6.42 Å². The van der Waals surface area contributed by atoms with Gasteiger partial charge in [0.2, 0.25) is 0 Å². The number of nitriles is 1. The molecule has 0 aliphatic heterocycles. The van der Waals surface area contributed by atoms with Gasteiger partial charge < -0.3 is 0 Å². The van der Waals surface area contributed by atoms with Crippen molar-refractivity contribution in [2.75, 3.05) is 0 Å². The molecule has 0 spiro atoms. The van der Waals surface area contributed by atoms with Gasteiger partial charge in [-0.05, 0) is 41.5 Å². The number of rotatable bonds is 3. The fraction of sp³-hybridized carbons (Fsp3) is 0.471. The number of aromatic nitrogens is 3. The highest BCUT2D eigenvalue weighted by Crippen LogP contribution is 2.27. The average Bonchev–Trinajstić information content (AvgIpc) is 2.80. The number of H-pyrrole nitrogens is 1. The Hall–Kier alpha value is -2.15. The minimum absolute atomic E-state index is 0.153. The predicted octanol–water partition coefficient (Wildman–Crippen LogP) is 3.38. The maximum Gasteiger partial charge on any atom is 0.164 e. The first-order valence-corrected chi connectivity index (χ1v) is 7.19.